The minimum Gasteiger partial charge on any atom is -0.326 e. The Balaban J connectivity index is 2.41. The number of halogens is 2. The Morgan fingerprint density at radius 3 is 2.35 bits per heavy atom. The molecule has 4 atom stereocenters. The van der Waals surface area contributed by atoms with Gasteiger partial charge in [0.25, 0.3) is 0 Å². The number of nitrogens with two attached hydrogens (primary N) is 1. The molecule has 0 aliphatic heterocycles. The summed E-state index contributed by atoms with van der Waals surface area (Å²) in [6.07, 6.45) is 1.61. The largest absolute Gasteiger partial charge is 0.326 e. The summed E-state index contributed by atoms with van der Waals surface area (Å²) in [5.41, 5.74) is 6.11. The van der Waals surface area contributed by atoms with Crippen LogP contribution in [-0.2, 0) is 9.84 Å². The Labute approximate surface area is 130 Å². The van der Waals surface area contributed by atoms with E-state index in [-0.39, 0.29) is 21.9 Å². The van der Waals surface area contributed by atoms with Crippen LogP contribution in [0.2, 0.25) is 10.0 Å². The van der Waals surface area contributed by atoms with Gasteiger partial charge in [0.2, 0.25) is 0 Å². The molecule has 1 aromatic rings. The average molecular weight is 336 g/mol. The van der Waals surface area contributed by atoms with Crippen molar-refractivity contribution in [3.8, 4) is 0 Å². The smallest absolute Gasteiger partial charge is 0.183 e. The summed E-state index contributed by atoms with van der Waals surface area (Å²) >= 11 is 11.8. The predicted molar refractivity (Wildman–Crippen MR) is 83.0 cm³/mol. The standard InChI is InChI=1S/C14H19Cl2NO2S/c1-8-5-9(2)14(13(17)6-8)20(18,19)10-3-4-11(15)12(16)7-10/h3-4,7-9,13-14H,5-6,17H2,1-2H3. The van der Waals surface area contributed by atoms with Gasteiger partial charge in [-0.3, -0.25) is 0 Å². The van der Waals surface area contributed by atoms with Crippen LogP contribution in [0.15, 0.2) is 23.1 Å². The third-order valence-electron chi connectivity index (χ3n) is 4.01. The van der Waals surface area contributed by atoms with Crippen molar-refractivity contribution in [2.24, 2.45) is 17.6 Å². The molecule has 6 heteroatoms. The molecule has 2 rings (SSSR count). The van der Waals surface area contributed by atoms with Gasteiger partial charge in [0.05, 0.1) is 20.2 Å². The van der Waals surface area contributed by atoms with E-state index in [0.29, 0.717) is 10.9 Å². The molecular formula is C14H19Cl2NO2S. The number of hydrogen-bond donors (Lipinski definition) is 1. The van der Waals surface area contributed by atoms with Crippen molar-refractivity contribution in [2.75, 3.05) is 0 Å². The second kappa shape index (κ2) is 5.84. The van der Waals surface area contributed by atoms with Crippen LogP contribution in [0.1, 0.15) is 26.7 Å². The zero-order chi connectivity index (χ0) is 15.1. The summed E-state index contributed by atoms with van der Waals surface area (Å²) < 4.78 is 25.6. The van der Waals surface area contributed by atoms with Crippen LogP contribution in [0, 0.1) is 11.8 Å². The van der Waals surface area contributed by atoms with E-state index in [0.717, 1.165) is 12.8 Å². The first-order valence-corrected chi connectivity index (χ1v) is 8.98. The third-order valence-corrected chi connectivity index (χ3v) is 7.19. The molecule has 0 radical (unpaired) electrons. The lowest BCUT2D eigenvalue weighted by molar-refractivity contribution is 0.271. The third kappa shape index (κ3) is 2.98. The van der Waals surface area contributed by atoms with Crippen LogP contribution in [0.25, 0.3) is 0 Å². The highest BCUT2D eigenvalue weighted by Crippen LogP contribution is 2.36. The highest BCUT2D eigenvalue weighted by molar-refractivity contribution is 7.92. The quantitative estimate of drug-likeness (QED) is 0.899. The van der Waals surface area contributed by atoms with Crippen molar-refractivity contribution in [3.05, 3.63) is 28.2 Å². The monoisotopic (exact) mass is 335 g/mol. The van der Waals surface area contributed by atoms with Gasteiger partial charge in [-0.25, -0.2) is 8.42 Å². The molecule has 1 aliphatic carbocycles. The molecular weight excluding hydrogens is 317 g/mol. The van der Waals surface area contributed by atoms with Gasteiger partial charge < -0.3 is 5.73 Å². The van der Waals surface area contributed by atoms with E-state index in [4.69, 9.17) is 28.9 Å². The first kappa shape index (κ1) is 16.1. The van der Waals surface area contributed by atoms with Crippen molar-refractivity contribution in [3.63, 3.8) is 0 Å². The fraction of sp³-hybridized carbons (Fsp3) is 0.571. The van der Waals surface area contributed by atoms with Crippen LogP contribution >= 0.6 is 23.2 Å². The topological polar surface area (TPSA) is 60.2 Å². The highest BCUT2D eigenvalue weighted by atomic mass is 35.5. The molecule has 4 unspecified atom stereocenters. The Morgan fingerprint density at radius 2 is 1.80 bits per heavy atom. The van der Waals surface area contributed by atoms with E-state index in [1.54, 1.807) is 0 Å². The Hall–Kier alpha value is -0.290. The Kier molecular flexibility index (Phi) is 4.69. The van der Waals surface area contributed by atoms with Crippen molar-refractivity contribution in [1.29, 1.82) is 0 Å². The molecule has 1 aliphatic rings. The fourth-order valence-electron chi connectivity index (χ4n) is 3.23. The zero-order valence-corrected chi connectivity index (χ0v) is 13.8. The van der Waals surface area contributed by atoms with Gasteiger partial charge in [-0.1, -0.05) is 37.0 Å². The van der Waals surface area contributed by atoms with Crippen LogP contribution < -0.4 is 5.73 Å². The summed E-state index contributed by atoms with van der Waals surface area (Å²) in [6.45, 7) is 4.06. The summed E-state index contributed by atoms with van der Waals surface area (Å²) in [7, 11) is -3.49. The van der Waals surface area contributed by atoms with E-state index in [9.17, 15) is 8.42 Å². The van der Waals surface area contributed by atoms with E-state index in [2.05, 4.69) is 6.92 Å². The lowest BCUT2D eigenvalue weighted by Crippen LogP contribution is -2.49. The van der Waals surface area contributed by atoms with Crippen LogP contribution in [-0.4, -0.2) is 19.7 Å². The lowest BCUT2D eigenvalue weighted by Gasteiger charge is -2.37. The maximum atomic E-state index is 12.8. The number of benzene rings is 1. The van der Waals surface area contributed by atoms with Gasteiger partial charge in [-0.15, -0.1) is 0 Å². The SMILES string of the molecule is CC1CC(C)C(S(=O)(=O)c2ccc(Cl)c(Cl)c2)C(N)C1. The van der Waals surface area contributed by atoms with Crippen LogP contribution in [0.5, 0.6) is 0 Å². The summed E-state index contributed by atoms with van der Waals surface area (Å²) in [5.74, 6) is 0.494. The number of rotatable bonds is 2. The summed E-state index contributed by atoms with van der Waals surface area (Å²) in [4.78, 5) is 0.203. The van der Waals surface area contributed by atoms with Crippen molar-refractivity contribution < 1.29 is 8.42 Å². The second-order valence-corrected chi connectivity index (χ2v) is 8.72. The Morgan fingerprint density at radius 1 is 1.15 bits per heavy atom. The molecule has 3 nitrogen and oxygen atoms in total. The number of sulfone groups is 1. The van der Waals surface area contributed by atoms with Crippen LogP contribution in [0.3, 0.4) is 0 Å². The van der Waals surface area contributed by atoms with E-state index in [1.165, 1.54) is 18.2 Å². The van der Waals surface area contributed by atoms with Crippen molar-refractivity contribution in [2.45, 2.75) is 42.9 Å². The van der Waals surface area contributed by atoms with E-state index < -0.39 is 15.1 Å². The van der Waals surface area contributed by atoms with Gasteiger partial charge >= 0.3 is 0 Å². The molecule has 0 aromatic heterocycles. The van der Waals surface area contributed by atoms with Gasteiger partial charge in [-0.2, -0.15) is 0 Å². The molecule has 1 fully saturated rings. The first-order chi connectivity index (χ1) is 9.23. The first-order valence-electron chi connectivity index (χ1n) is 6.68. The van der Waals surface area contributed by atoms with Gasteiger partial charge in [0, 0.05) is 6.04 Å². The maximum absolute atomic E-state index is 12.8. The predicted octanol–water partition coefficient (Wildman–Crippen LogP) is 3.53. The summed E-state index contributed by atoms with van der Waals surface area (Å²) in [5, 5.41) is 0.0364. The molecule has 0 spiro atoms. The molecule has 1 aromatic carbocycles. The minimum atomic E-state index is -3.49. The maximum Gasteiger partial charge on any atom is 0.183 e. The molecule has 1 saturated carbocycles. The van der Waals surface area contributed by atoms with Gasteiger partial charge in [0.1, 0.15) is 0 Å². The van der Waals surface area contributed by atoms with Crippen molar-refractivity contribution in [1.82, 2.24) is 0 Å². The highest BCUT2D eigenvalue weighted by Gasteiger charge is 2.41. The molecule has 112 valence electrons. The lowest BCUT2D eigenvalue weighted by atomic mass is 9.80. The normalized spacial score (nSPS) is 31.2. The molecule has 2 N–H and O–H groups in total. The van der Waals surface area contributed by atoms with Crippen LogP contribution in [0.4, 0.5) is 0 Å². The molecule has 0 saturated heterocycles. The fourth-order valence-corrected chi connectivity index (χ4v) is 5.74. The van der Waals surface area contributed by atoms with Crippen molar-refractivity contribution >= 4 is 33.0 Å². The molecule has 20 heavy (non-hydrogen) atoms. The summed E-state index contributed by atoms with van der Waals surface area (Å²) in [6, 6.07) is 4.09. The minimum absolute atomic E-state index is 0.0354. The Bertz CT molecular complexity index is 591. The van der Waals surface area contributed by atoms with E-state index >= 15 is 0 Å². The van der Waals surface area contributed by atoms with Gasteiger partial charge in [0.15, 0.2) is 9.84 Å². The van der Waals surface area contributed by atoms with Gasteiger partial charge in [-0.05, 0) is 42.9 Å². The zero-order valence-electron chi connectivity index (χ0n) is 11.5. The molecule has 0 amide bonds. The van der Waals surface area contributed by atoms with E-state index in [1.807, 2.05) is 6.92 Å². The number of hydrogen-bond acceptors (Lipinski definition) is 3. The molecule has 0 bridgehead atoms. The second-order valence-electron chi connectivity index (χ2n) is 5.80. The molecule has 0 heterocycles. The average Bonchev–Trinajstić information content (AvgIpc) is 2.30.